The summed E-state index contributed by atoms with van der Waals surface area (Å²) in [6, 6.07) is 17.3. The zero-order valence-corrected chi connectivity index (χ0v) is 32.6. The molecule has 6 N–H and O–H groups in total. The minimum atomic E-state index is -2.00. The van der Waals surface area contributed by atoms with Crippen LogP contribution in [-0.4, -0.2) is 109 Å². The number of nitrogens with two attached hydrogens (primary N) is 1. The maximum Gasteiger partial charge on any atom is 0.312 e. The normalized spacial score (nSPS) is 31.8. The van der Waals surface area contributed by atoms with Crippen LogP contribution in [0.5, 0.6) is 28.7 Å². The third-order valence-electron chi connectivity index (χ3n) is 12.0. The molecule has 6 heterocycles. The zero-order valence-electron chi connectivity index (χ0n) is 32.6. The highest BCUT2D eigenvalue weighted by atomic mass is 16.7. The van der Waals surface area contributed by atoms with Crippen molar-refractivity contribution in [1.82, 2.24) is 0 Å². The molecule has 314 valence electrons. The lowest BCUT2D eigenvalue weighted by Gasteiger charge is -2.52. The summed E-state index contributed by atoms with van der Waals surface area (Å²) in [5.41, 5.74) is 9.71. The van der Waals surface area contributed by atoms with E-state index in [0.717, 1.165) is 38.4 Å². The molecule has 1 saturated heterocycles. The highest BCUT2D eigenvalue weighted by molar-refractivity contribution is 6.06. The van der Waals surface area contributed by atoms with Crippen LogP contribution in [-0.2, 0) is 32.0 Å². The molecule has 6 aliphatic rings. The van der Waals surface area contributed by atoms with Crippen molar-refractivity contribution in [3.8, 4) is 28.7 Å². The van der Waals surface area contributed by atoms with Crippen molar-refractivity contribution in [2.24, 2.45) is 15.7 Å². The molecule has 0 aromatic heterocycles. The number of aliphatic hydroxyl groups excluding tert-OH is 3. The Bertz CT molecular complexity index is 2320. The number of rotatable bonds is 11. The molecule has 0 amide bonds. The zero-order chi connectivity index (χ0) is 41.9. The molecule has 17 heteroatoms. The van der Waals surface area contributed by atoms with E-state index in [1.807, 2.05) is 48.5 Å². The number of carboxylic acids is 1. The molecule has 0 aliphatic carbocycles. The van der Waals surface area contributed by atoms with E-state index in [4.69, 9.17) is 38.9 Å². The first-order valence-electron chi connectivity index (χ1n) is 19.6. The van der Waals surface area contributed by atoms with Crippen LogP contribution < -0.4 is 39.4 Å². The largest absolute Gasteiger partial charge is 0.550 e. The Morgan fingerprint density at radius 1 is 1.05 bits per heavy atom. The second-order valence-corrected chi connectivity index (χ2v) is 15.6. The van der Waals surface area contributed by atoms with Crippen molar-refractivity contribution in [2.75, 3.05) is 20.8 Å². The molecule has 9 rings (SSSR count). The Morgan fingerprint density at radius 2 is 1.87 bits per heavy atom. The molecule has 0 saturated carbocycles. The number of carbonyl (C=O) groups excluding carboxylic acids is 2. The van der Waals surface area contributed by atoms with Crippen LogP contribution >= 0.6 is 0 Å². The third kappa shape index (κ3) is 6.86. The summed E-state index contributed by atoms with van der Waals surface area (Å²) in [5.74, 6) is -1.02. The Labute approximate surface area is 343 Å². The molecule has 1 unspecified atom stereocenters. The van der Waals surface area contributed by atoms with Crippen molar-refractivity contribution in [1.29, 1.82) is 0 Å². The summed E-state index contributed by atoms with van der Waals surface area (Å²) in [4.78, 5) is 33.5. The van der Waals surface area contributed by atoms with Crippen LogP contribution in [0.25, 0.3) is 0 Å². The molecule has 1 spiro atoms. The first kappa shape index (κ1) is 39.6. The number of esters is 1. The number of allylic oxidation sites excluding steroid dienone is 1. The van der Waals surface area contributed by atoms with E-state index in [-0.39, 0.29) is 18.1 Å². The summed E-state index contributed by atoms with van der Waals surface area (Å²) in [7, 11) is 3.14. The number of ether oxygens (including phenoxy) is 7. The van der Waals surface area contributed by atoms with E-state index >= 15 is 0 Å². The average Bonchev–Trinajstić information content (AvgIpc) is 3.94. The Balaban J connectivity index is 1.12. The number of nitrogens with zero attached hydrogens (tertiary/aromatic N) is 2. The lowest BCUT2D eigenvalue weighted by atomic mass is 9.77. The monoisotopic (exact) mass is 824 g/mol. The average molecular weight is 825 g/mol. The number of fused-ring (bicyclic) bond motifs is 6. The highest BCUT2D eigenvalue weighted by Gasteiger charge is 2.62. The van der Waals surface area contributed by atoms with Gasteiger partial charge in [0, 0.05) is 48.0 Å². The van der Waals surface area contributed by atoms with E-state index < -0.39 is 73.0 Å². The molecule has 1 fully saturated rings. The number of carboxylic acid groups (broad SMARTS) is 1. The summed E-state index contributed by atoms with van der Waals surface area (Å²) >= 11 is 0. The molecular formula is C43H44N4O13. The SMILES string of the molecule is COc1ccc2c(c1OC)O[C@@H]1c3c(C[NH+]4C=C5C=CN=C5C4)cc(O[C@H]4O[C@@]5(CC=N[C@H](N)[C@H]5OC(=O)CC(=O)[O-])[C@@H](O)[C@H](O)[C@H]4O)cc3O[C@H](Cc3ccccc3)[C@@H]21. The first-order valence-corrected chi connectivity index (χ1v) is 19.6. The topological polar surface area (TPSA) is 238 Å². The maximum atomic E-state index is 12.6. The van der Waals surface area contributed by atoms with Crippen molar-refractivity contribution in [3.05, 3.63) is 101 Å². The minimum Gasteiger partial charge on any atom is -0.550 e. The fourth-order valence-corrected chi connectivity index (χ4v) is 9.23. The second kappa shape index (κ2) is 15.7. The van der Waals surface area contributed by atoms with Gasteiger partial charge in [-0.2, -0.15) is 0 Å². The number of methoxy groups -OCH3 is 2. The van der Waals surface area contributed by atoms with Gasteiger partial charge >= 0.3 is 5.97 Å². The van der Waals surface area contributed by atoms with E-state index in [0.29, 0.717) is 42.5 Å². The van der Waals surface area contributed by atoms with E-state index in [1.165, 1.54) is 6.21 Å². The van der Waals surface area contributed by atoms with Crippen LogP contribution in [0.15, 0.2) is 88.6 Å². The Kier molecular flexibility index (Phi) is 10.3. The van der Waals surface area contributed by atoms with Crippen LogP contribution in [0.1, 0.15) is 47.1 Å². The van der Waals surface area contributed by atoms with Crippen LogP contribution in [0.3, 0.4) is 0 Å². The lowest BCUT2D eigenvalue weighted by molar-refractivity contribution is -0.848. The van der Waals surface area contributed by atoms with Crippen molar-refractivity contribution in [3.63, 3.8) is 0 Å². The number of aliphatic carboxylic acids is 1. The van der Waals surface area contributed by atoms with E-state index in [1.54, 1.807) is 32.6 Å². The predicted molar refractivity (Wildman–Crippen MR) is 208 cm³/mol. The second-order valence-electron chi connectivity index (χ2n) is 15.6. The van der Waals surface area contributed by atoms with Gasteiger partial charge in [-0.15, -0.1) is 0 Å². The fourth-order valence-electron chi connectivity index (χ4n) is 9.23. The summed E-state index contributed by atoms with van der Waals surface area (Å²) in [5, 5.41) is 45.2. The number of aliphatic imine (C=N–C) groups is 2. The Morgan fingerprint density at radius 3 is 2.62 bits per heavy atom. The highest BCUT2D eigenvalue weighted by Crippen LogP contribution is 2.59. The van der Waals surface area contributed by atoms with Gasteiger partial charge in [-0.05, 0) is 23.8 Å². The molecule has 3 aromatic carbocycles. The maximum absolute atomic E-state index is 12.6. The molecule has 3 aromatic rings. The number of aliphatic hydroxyl groups is 3. The number of quaternary nitrogens is 1. The molecule has 0 radical (unpaired) electrons. The van der Waals surface area contributed by atoms with Gasteiger partial charge in [0.1, 0.15) is 78.8 Å². The van der Waals surface area contributed by atoms with Crippen molar-refractivity contribution < 1.29 is 68.1 Å². The first-order chi connectivity index (χ1) is 29.0. The summed E-state index contributed by atoms with van der Waals surface area (Å²) in [6.45, 7) is 1.06. The number of hydrogen-bond acceptors (Lipinski definition) is 16. The summed E-state index contributed by atoms with van der Waals surface area (Å²) in [6.07, 6.45) is -4.80. The van der Waals surface area contributed by atoms with Gasteiger partial charge in [-0.3, -0.25) is 19.7 Å². The van der Waals surface area contributed by atoms with E-state index in [2.05, 4.69) is 16.2 Å². The minimum absolute atomic E-state index is 0.182. The lowest BCUT2D eigenvalue weighted by Crippen LogP contribution is -3.05. The third-order valence-corrected chi connectivity index (χ3v) is 12.0. The van der Waals surface area contributed by atoms with Crippen LogP contribution in [0.2, 0.25) is 0 Å². The molecule has 0 bridgehead atoms. The number of carbonyl (C=O) groups is 2. The van der Waals surface area contributed by atoms with Gasteiger partial charge in [0.2, 0.25) is 12.0 Å². The van der Waals surface area contributed by atoms with Crippen LogP contribution in [0, 0.1) is 0 Å². The van der Waals surface area contributed by atoms with Crippen molar-refractivity contribution in [2.45, 2.75) is 86.4 Å². The number of nitrogens with one attached hydrogen (secondary N) is 1. The van der Waals surface area contributed by atoms with Gasteiger partial charge in [0.15, 0.2) is 17.6 Å². The van der Waals surface area contributed by atoms with Gasteiger partial charge in [-0.25, -0.2) is 0 Å². The van der Waals surface area contributed by atoms with E-state index in [9.17, 15) is 30.0 Å². The smallest absolute Gasteiger partial charge is 0.312 e. The van der Waals surface area contributed by atoms with Gasteiger partial charge in [0.05, 0.1) is 38.1 Å². The Hall–Kier alpha value is -5.82. The molecule has 11 atom stereocenters. The van der Waals surface area contributed by atoms with Crippen LogP contribution in [0.4, 0.5) is 0 Å². The van der Waals surface area contributed by atoms with Gasteiger partial charge in [0.25, 0.3) is 0 Å². The van der Waals surface area contributed by atoms with Gasteiger partial charge < -0.3 is 64.1 Å². The number of benzene rings is 3. The standard InChI is InChI=1S/C43H44N4O13/c1-54-27-9-8-25-33-28(14-21-6-4-3-5-7-21)57-29-16-24(15-23(19-47-18-22-10-12-45-26(22)20-47)32(29)38(33)59-36(25)37(27)55-2)56-42-35(52)34(51)39(53)43(60-42)11-13-46-41(44)40(43)58-31(50)17-30(48)49/h3-10,12-13,15-16,18,28,33-35,38-42,51-53H,11,14,17,19-20,44H2,1-2H3,(H,48,49)/t28-,33-,34-,35-,38-,39+,40-,41+,42+,43+/m1/s1. The number of hydrogen-bond donors (Lipinski definition) is 5. The molecular weight excluding hydrogens is 780 g/mol. The van der Waals surface area contributed by atoms with Crippen molar-refractivity contribution >= 4 is 23.9 Å². The van der Waals surface area contributed by atoms with Gasteiger partial charge in [-0.1, -0.05) is 36.4 Å². The predicted octanol–water partition coefficient (Wildman–Crippen LogP) is -0.457. The fraction of sp³-hybridized carbons (Fsp3) is 0.395. The quantitative estimate of drug-likeness (QED) is 0.122. The summed E-state index contributed by atoms with van der Waals surface area (Å²) < 4.78 is 43.5. The molecule has 6 aliphatic heterocycles. The molecule has 17 nitrogen and oxygen atoms in total. The molecule has 60 heavy (non-hydrogen) atoms.